The number of nitrogens with zero attached hydrogens (tertiary/aromatic N) is 4. The monoisotopic (exact) mass is 431 g/mol. The highest BCUT2D eigenvalue weighted by Gasteiger charge is 2.36. The van der Waals surface area contributed by atoms with Crippen LogP contribution in [0.1, 0.15) is 24.3 Å². The van der Waals surface area contributed by atoms with Gasteiger partial charge in [-0.1, -0.05) is 17.3 Å². The second-order valence-electron chi connectivity index (χ2n) is 7.27. The van der Waals surface area contributed by atoms with Gasteiger partial charge in [-0.3, -0.25) is 15.0 Å². The quantitative estimate of drug-likeness (QED) is 0.657. The van der Waals surface area contributed by atoms with Gasteiger partial charge in [0.15, 0.2) is 5.76 Å². The van der Waals surface area contributed by atoms with E-state index in [9.17, 15) is 18.0 Å². The van der Waals surface area contributed by atoms with E-state index in [0.717, 1.165) is 4.68 Å². The zero-order chi connectivity index (χ0) is 21.5. The zero-order valence-electron chi connectivity index (χ0n) is 16.5. The first-order valence-electron chi connectivity index (χ1n) is 9.49. The minimum absolute atomic E-state index is 0.00792. The van der Waals surface area contributed by atoms with Crippen LogP contribution in [-0.2, 0) is 14.8 Å². The first kappa shape index (κ1) is 20.2. The van der Waals surface area contributed by atoms with Gasteiger partial charge in [-0.2, -0.15) is 4.31 Å². The molecule has 1 aromatic carbocycles. The molecule has 11 heteroatoms. The van der Waals surface area contributed by atoms with Gasteiger partial charge in [-0.25, -0.2) is 18.1 Å². The molecule has 4 rings (SSSR count). The highest BCUT2D eigenvalue weighted by molar-refractivity contribution is 7.89. The molecular formula is C19H21N5O5S. The van der Waals surface area contributed by atoms with Crippen molar-refractivity contribution in [2.75, 3.05) is 18.5 Å². The average molecular weight is 431 g/mol. The maximum absolute atomic E-state index is 13.0. The summed E-state index contributed by atoms with van der Waals surface area (Å²) in [5.41, 5.74) is 2.97. The molecule has 3 heterocycles. The summed E-state index contributed by atoms with van der Waals surface area (Å²) < 4.78 is 33.4. The van der Waals surface area contributed by atoms with E-state index in [0.29, 0.717) is 30.3 Å². The van der Waals surface area contributed by atoms with Gasteiger partial charge in [0.1, 0.15) is 16.9 Å². The second kappa shape index (κ2) is 7.65. The van der Waals surface area contributed by atoms with Gasteiger partial charge >= 0.3 is 0 Å². The molecule has 10 nitrogen and oxygen atoms in total. The van der Waals surface area contributed by atoms with Crippen molar-refractivity contribution in [2.45, 2.75) is 31.6 Å². The van der Waals surface area contributed by atoms with Crippen molar-refractivity contribution < 1.29 is 17.7 Å². The Kier molecular flexibility index (Phi) is 5.16. The predicted molar refractivity (Wildman–Crippen MR) is 108 cm³/mol. The molecule has 0 radical (unpaired) electrons. The van der Waals surface area contributed by atoms with Gasteiger partial charge < -0.3 is 4.52 Å². The Morgan fingerprint density at radius 2 is 2.03 bits per heavy atom. The van der Waals surface area contributed by atoms with Crippen LogP contribution in [0.4, 0.5) is 0 Å². The molecule has 1 saturated heterocycles. The van der Waals surface area contributed by atoms with Crippen LogP contribution >= 0.6 is 0 Å². The highest BCUT2D eigenvalue weighted by atomic mass is 32.2. The maximum Gasteiger partial charge on any atom is 0.280 e. The lowest BCUT2D eigenvalue weighted by Gasteiger charge is -2.31. The van der Waals surface area contributed by atoms with E-state index in [4.69, 9.17) is 4.52 Å². The van der Waals surface area contributed by atoms with Crippen LogP contribution < -0.4 is 11.0 Å². The number of carbonyl (C=O) groups excluding carboxylic acids is 1. The Balaban J connectivity index is 1.55. The molecular weight excluding hydrogens is 410 g/mol. The Bertz CT molecular complexity index is 1260. The molecule has 0 aliphatic carbocycles. The lowest BCUT2D eigenvalue weighted by atomic mass is 9.99. The van der Waals surface area contributed by atoms with Crippen LogP contribution in [0, 0.1) is 19.8 Å². The number of amides is 1. The number of para-hydroxylation sites is 1. The van der Waals surface area contributed by atoms with Crippen LogP contribution in [-0.4, -0.2) is 46.5 Å². The van der Waals surface area contributed by atoms with Gasteiger partial charge in [-0.05, 0) is 38.8 Å². The Hall–Kier alpha value is -3.05. The number of carbonyl (C=O) groups is 1. The third-order valence-electron chi connectivity index (χ3n) is 5.22. The lowest BCUT2D eigenvalue weighted by molar-refractivity contribution is -0.121. The predicted octanol–water partition coefficient (Wildman–Crippen LogP) is 1.17. The molecule has 0 unspecified atom stereocenters. The van der Waals surface area contributed by atoms with Crippen LogP contribution in [0.5, 0.6) is 0 Å². The van der Waals surface area contributed by atoms with E-state index in [1.165, 1.54) is 10.6 Å². The summed E-state index contributed by atoms with van der Waals surface area (Å²) in [5, 5.41) is 4.10. The standard InChI is InChI=1S/C19H21N5O5S/c1-12-17(13(2)29-22-12)30(27,28)23-9-5-6-14(10-23)18(25)21-24-11-20-16-8-4-3-7-15(16)19(24)26/h3-4,7-8,11,14H,5-6,9-10H2,1-2H3,(H,21,25)/t14-/m1/s1. The van der Waals surface area contributed by atoms with E-state index < -0.39 is 27.4 Å². The number of benzene rings is 1. The van der Waals surface area contributed by atoms with Gasteiger partial charge in [0.25, 0.3) is 5.56 Å². The van der Waals surface area contributed by atoms with Crippen molar-refractivity contribution in [2.24, 2.45) is 5.92 Å². The topological polar surface area (TPSA) is 127 Å². The number of piperidine rings is 1. The maximum atomic E-state index is 13.0. The number of aromatic nitrogens is 3. The van der Waals surface area contributed by atoms with Crippen molar-refractivity contribution in [3.05, 3.63) is 52.4 Å². The van der Waals surface area contributed by atoms with Crippen molar-refractivity contribution in [1.82, 2.24) is 19.1 Å². The third-order valence-corrected chi connectivity index (χ3v) is 7.33. The van der Waals surface area contributed by atoms with Crippen LogP contribution in [0.3, 0.4) is 0 Å². The lowest BCUT2D eigenvalue weighted by Crippen LogP contribution is -2.46. The fourth-order valence-corrected chi connectivity index (χ4v) is 5.52. The summed E-state index contributed by atoms with van der Waals surface area (Å²) in [5.74, 6) is -0.826. The van der Waals surface area contributed by atoms with Gasteiger partial charge in [-0.15, -0.1) is 0 Å². The first-order valence-corrected chi connectivity index (χ1v) is 10.9. The first-order chi connectivity index (χ1) is 14.3. The SMILES string of the molecule is Cc1noc(C)c1S(=O)(=O)N1CCC[C@@H](C(=O)Nn2cnc3ccccc3c2=O)C1. The Labute approximate surface area is 172 Å². The molecule has 1 aliphatic heterocycles. The van der Waals surface area contributed by atoms with Crippen molar-refractivity contribution in [1.29, 1.82) is 0 Å². The van der Waals surface area contributed by atoms with E-state index in [2.05, 4.69) is 15.6 Å². The van der Waals surface area contributed by atoms with Gasteiger partial charge in [0, 0.05) is 13.1 Å². The molecule has 0 spiro atoms. The third kappa shape index (κ3) is 3.50. The molecule has 0 saturated carbocycles. The summed E-state index contributed by atoms with van der Waals surface area (Å²) in [4.78, 5) is 29.6. The number of aryl methyl sites for hydroxylation is 2. The Morgan fingerprint density at radius 1 is 1.27 bits per heavy atom. The van der Waals surface area contributed by atoms with E-state index in [1.54, 1.807) is 38.1 Å². The van der Waals surface area contributed by atoms with Gasteiger partial charge in [0.2, 0.25) is 15.9 Å². The number of hydrogen-bond donors (Lipinski definition) is 1. The minimum atomic E-state index is -3.84. The van der Waals surface area contributed by atoms with Gasteiger partial charge in [0.05, 0.1) is 16.8 Å². The fraction of sp³-hybridized carbons (Fsp3) is 0.368. The molecule has 3 aromatic rings. The second-order valence-corrected chi connectivity index (χ2v) is 9.14. The van der Waals surface area contributed by atoms with E-state index in [-0.39, 0.29) is 22.9 Å². The molecule has 158 valence electrons. The number of fused-ring (bicyclic) bond motifs is 1. The van der Waals surface area contributed by atoms with E-state index in [1.807, 2.05) is 0 Å². The summed E-state index contributed by atoms with van der Waals surface area (Å²) in [6.45, 7) is 3.42. The van der Waals surface area contributed by atoms with E-state index >= 15 is 0 Å². The smallest absolute Gasteiger partial charge is 0.280 e. The molecule has 0 bridgehead atoms. The number of rotatable bonds is 4. The number of nitrogens with one attached hydrogen (secondary N) is 1. The summed E-state index contributed by atoms with van der Waals surface area (Å²) in [6.07, 6.45) is 2.28. The largest absolute Gasteiger partial charge is 0.360 e. The molecule has 1 atom stereocenters. The zero-order valence-corrected chi connectivity index (χ0v) is 17.3. The Morgan fingerprint density at radius 3 is 2.77 bits per heavy atom. The average Bonchev–Trinajstić information content (AvgIpc) is 3.09. The summed E-state index contributed by atoms with van der Waals surface area (Å²) >= 11 is 0. The fourth-order valence-electron chi connectivity index (χ4n) is 3.71. The number of sulfonamides is 1. The molecule has 1 fully saturated rings. The minimum Gasteiger partial charge on any atom is -0.360 e. The van der Waals surface area contributed by atoms with Crippen LogP contribution in [0.2, 0.25) is 0 Å². The van der Waals surface area contributed by atoms with Crippen LogP contribution in [0.25, 0.3) is 10.9 Å². The summed E-state index contributed by atoms with van der Waals surface area (Å²) in [6, 6.07) is 6.83. The normalized spacial score (nSPS) is 17.9. The molecule has 1 amide bonds. The molecule has 2 aromatic heterocycles. The van der Waals surface area contributed by atoms with Crippen molar-refractivity contribution >= 4 is 26.8 Å². The van der Waals surface area contributed by atoms with Crippen molar-refractivity contribution in [3.8, 4) is 0 Å². The van der Waals surface area contributed by atoms with Crippen molar-refractivity contribution in [3.63, 3.8) is 0 Å². The number of hydrogen-bond acceptors (Lipinski definition) is 7. The molecule has 1 N–H and O–H groups in total. The summed E-state index contributed by atoms with van der Waals surface area (Å²) in [7, 11) is -3.84. The highest BCUT2D eigenvalue weighted by Crippen LogP contribution is 2.27. The molecule has 1 aliphatic rings. The van der Waals surface area contributed by atoms with Crippen LogP contribution in [0.15, 0.2) is 44.8 Å². The molecule has 30 heavy (non-hydrogen) atoms.